The molecule has 0 saturated heterocycles. The van der Waals surface area contributed by atoms with Crippen LogP contribution in [0.1, 0.15) is 5.56 Å². The standard InChI is InChI=1S/C8H5Cl2NO/c1-4-2-7-6(3-5(4)9)11-8(10)12-7/h2-3H,1H3. The molecule has 12 heavy (non-hydrogen) atoms. The predicted octanol–water partition coefficient (Wildman–Crippen LogP) is 3.44. The molecule has 0 aliphatic rings. The second-order valence-corrected chi connectivity index (χ2v) is 3.27. The molecule has 0 aliphatic heterocycles. The fourth-order valence-electron chi connectivity index (χ4n) is 1.02. The van der Waals surface area contributed by atoms with Gasteiger partial charge in [0.25, 0.3) is 5.35 Å². The number of hydrogen-bond acceptors (Lipinski definition) is 2. The summed E-state index contributed by atoms with van der Waals surface area (Å²) in [5.74, 6) is 0. The van der Waals surface area contributed by atoms with Crippen molar-refractivity contribution in [2.75, 3.05) is 0 Å². The number of aryl methyl sites for hydroxylation is 1. The van der Waals surface area contributed by atoms with Crippen LogP contribution in [-0.4, -0.2) is 4.98 Å². The SMILES string of the molecule is Cc1cc2oc(Cl)nc2cc1Cl. The summed E-state index contributed by atoms with van der Waals surface area (Å²) in [5, 5.41) is 0.819. The van der Waals surface area contributed by atoms with Gasteiger partial charge in [0.2, 0.25) is 0 Å². The van der Waals surface area contributed by atoms with Crippen LogP contribution in [0.25, 0.3) is 11.1 Å². The molecule has 0 aliphatic carbocycles. The van der Waals surface area contributed by atoms with Crippen LogP contribution in [0.4, 0.5) is 0 Å². The minimum Gasteiger partial charge on any atom is -0.428 e. The van der Waals surface area contributed by atoms with Gasteiger partial charge in [0.15, 0.2) is 5.58 Å². The van der Waals surface area contributed by atoms with Crippen molar-refractivity contribution in [3.8, 4) is 0 Å². The smallest absolute Gasteiger partial charge is 0.293 e. The van der Waals surface area contributed by atoms with Crippen molar-refractivity contribution in [2.45, 2.75) is 6.92 Å². The Labute approximate surface area is 79.1 Å². The minimum atomic E-state index is 0.145. The highest BCUT2D eigenvalue weighted by atomic mass is 35.5. The molecule has 62 valence electrons. The third-order valence-corrected chi connectivity index (χ3v) is 2.21. The minimum absolute atomic E-state index is 0.145. The first kappa shape index (κ1) is 7.90. The lowest BCUT2D eigenvalue weighted by molar-refractivity contribution is 0.604. The number of halogens is 2. The maximum atomic E-state index is 5.87. The molecule has 0 amide bonds. The maximum Gasteiger partial charge on any atom is 0.293 e. The Hall–Kier alpha value is -0.730. The summed E-state index contributed by atoms with van der Waals surface area (Å²) in [6.07, 6.45) is 0. The number of benzene rings is 1. The molecule has 0 atom stereocenters. The Morgan fingerprint density at radius 1 is 1.33 bits per heavy atom. The van der Waals surface area contributed by atoms with Gasteiger partial charge in [-0.1, -0.05) is 11.6 Å². The Morgan fingerprint density at radius 3 is 2.83 bits per heavy atom. The normalized spacial score (nSPS) is 10.9. The van der Waals surface area contributed by atoms with Gasteiger partial charge in [0.1, 0.15) is 5.52 Å². The molecule has 1 heterocycles. The van der Waals surface area contributed by atoms with E-state index in [0.29, 0.717) is 16.1 Å². The van der Waals surface area contributed by atoms with Crippen molar-refractivity contribution >= 4 is 34.3 Å². The van der Waals surface area contributed by atoms with Gasteiger partial charge in [-0.05, 0) is 36.2 Å². The van der Waals surface area contributed by atoms with E-state index in [9.17, 15) is 0 Å². The Kier molecular flexibility index (Phi) is 1.74. The number of rotatable bonds is 0. The fourth-order valence-corrected chi connectivity index (χ4v) is 1.35. The first-order chi connectivity index (χ1) is 5.66. The number of aromatic nitrogens is 1. The van der Waals surface area contributed by atoms with Gasteiger partial charge in [0.05, 0.1) is 0 Å². The van der Waals surface area contributed by atoms with Gasteiger partial charge in [-0.15, -0.1) is 0 Å². The zero-order valence-corrected chi connectivity index (χ0v) is 7.78. The lowest BCUT2D eigenvalue weighted by Crippen LogP contribution is -1.74. The van der Waals surface area contributed by atoms with E-state index in [1.807, 2.05) is 13.0 Å². The summed E-state index contributed by atoms with van der Waals surface area (Å²) in [6.45, 7) is 1.90. The molecule has 0 unspecified atom stereocenters. The highest BCUT2D eigenvalue weighted by molar-refractivity contribution is 6.32. The van der Waals surface area contributed by atoms with Crippen LogP contribution in [0, 0.1) is 6.92 Å². The summed E-state index contributed by atoms with van der Waals surface area (Å²) in [7, 11) is 0. The number of oxazole rings is 1. The first-order valence-electron chi connectivity index (χ1n) is 3.39. The molecule has 4 heteroatoms. The molecular weight excluding hydrogens is 197 g/mol. The highest BCUT2D eigenvalue weighted by Gasteiger charge is 2.05. The average molecular weight is 202 g/mol. The number of hydrogen-bond donors (Lipinski definition) is 0. The van der Waals surface area contributed by atoms with Crippen LogP contribution in [0.3, 0.4) is 0 Å². The second-order valence-electron chi connectivity index (χ2n) is 2.54. The second kappa shape index (κ2) is 2.64. The molecule has 0 spiro atoms. The van der Waals surface area contributed by atoms with E-state index < -0.39 is 0 Å². The lowest BCUT2D eigenvalue weighted by Gasteiger charge is -1.93. The van der Waals surface area contributed by atoms with E-state index in [-0.39, 0.29) is 5.35 Å². The van der Waals surface area contributed by atoms with Crippen LogP contribution in [0.5, 0.6) is 0 Å². The molecule has 1 aromatic heterocycles. The van der Waals surface area contributed by atoms with Crippen LogP contribution >= 0.6 is 23.2 Å². The van der Waals surface area contributed by atoms with Gasteiger partial charge in [-0.3, -0.25) is 0 Å². The Balaban J connectivity index is 2.83. The van der Waals surface area contributed by atoms with E-state index in [2.05, 4.69) is 4.98 Å². The van der Waals surface area contributed by atoms with Crippen LogP contribution < -0.4 is 0 Å². The number of fused-ring (bicyclic) bond motifs is 1. The molecule has 0 N–H and O–H groups in total. The maximum absolute atomic E-state index is 5.87. The molecular formula is C8H5Cl2NO. The van der Waals surface area contributed by atoms with Gasteiger partial charge in [-0.2, -0.15) is 4.98 Å². The molecule has 0 bridgehead atoms. The zero-order valence-electron chi connectivity index (χ0n) is 6.27. The Morgan fingerprint density at radius 2 is 2.08 bits per heavy atom. The van der Waals surface area contributed by atoms with Crippen molar-refractivity contribution < 1.29 is 4.42 Å². The molecule has 2 rings (SSSR count). The summed E-state index contributed by atoms with van der Waals surface area (Å²) in [4.78, 5) is 3.93. The van der Waals surface area contributed by atoms with Gasteiger partial charge >= 0.3 is 0 Å². The lowest BCUT2D eigenvalue weighted by atomic mass is 10.2. The van der Waals surface area contributed by atoms with Gasteiger partial charge in [-0.25, -0.2) is 0 Å². The van der Waals surface area contributed by atoms with Crippen molar-refractivity contribution in [2.24, 2.45) is 0 Å². The Bertz CT molecular complexity index is 397. The highest BCUT2D eigenvalue weighted by Crippen LogP contribution is 2.25. The van der Waals surface area contributed by atoms with Crippen LogP contribution in [-0.2, 0) is 0 Å². The first-order valence-corrected chi connectivity index (χ1v) is 4.14. The van der Waals surface area contributed by atoms with Crippen LogP contribution in [0.2, 0.25) is 10.4 Å². The van der Waals surface area contributed by atoms with E-state index in [1.54, 1.807) is 6.07 Å². The van der Waals surface area contributed by atoms with Gasteiger partial charge in [0, 0.05) is 5.02 Å². The van der Waals surface area contributed by atoms with E-state index in [4.69, 9.17) is 27.6 Å². The third kappa shape index (κ3) is 1.17. The largest absolute Gasteiger partial charge is 0.428 e. The summed E-state index contributed by atoms with van der Waals surface area (Å²) >= 11 is 11.4. The monoisotopic (exact) mass is 201 g/mol. The topological polar surface area (TPSA) is 26.0 Å². The van der Waals surface area contributed by atoms with Crippen molar-refractivity contribution in [3.63, 3.8) is 0 Å². The molecule has 1 aromatic carbocycles. The molecule has 0 saturated carbocycles. The molecule has 0 fully saturated rings. The number of nitrogens with zero attached hydrogens (tertiary/aromatic N) is 1. The molecule has 2 nitrogen and oxygen atoms in total. The van der Waals surface area contributed by atoms with E-state index in [0.717, 1.165) is 5.56 Å². The quantitative estimate of drug-likeness (QED) is 0.653. The molecule has 2 aromatic rings. The summed E-state index contributed by atoms with van der Waals surface area (Å²) in [5.41, 5.74) is 2.31. The summed E-state index contributed by atoms with van der Waals surface area (Å²) < 4.78 is 5.10. The van der Waals surface area contributed by atoms with Gasteiger partial charge < -0.3 is 4.42 Å². The van der Waals surface area contributed by atoms with Crippen molar-refractivity contribution in [3.05, 3.63) is 28.1 Å². The average Bonchev–Trinajstić information content (AvgIpc) is 2.30. The van der Waals surface area contributed by atoms with Crippen molar-refractivity contribution in [1.29, 1.82) is 0 Å². The van der Waals surface area contributed by atoms with E-state index in [1.165, 1.54) is 0 Å². The van der Waals surface area contributed by atoms with E-state index >= 15 is 0 Å². The van der Waals surface area contributed by atoms with Crippen molar-refractivity contribution in [1.82, 2.24) is 4.98 Å². The molecule has 0 radical (unpaired) electrons. The predicted molar refractivity (Wildman–Crippen MR) is 48.8 cm³/mol. The third-order valence-electron chi connectivity index (χ3n) is 1.64. The summed E-state index contributed by atoms with van der Waals surface area (Å²) in [6, 6.07) is 3.55. The van der Waals surface area contributed by atoms with Crippen LogP contribution in [0.15, 0.2) is 16.5 Å². The zero-order chi connectivity index (χ0) is 8.72. The fraction of sp³-hybridized carbons (Fsp3) is 0.125.